The highest BCUT2D eigenvalue weighted by Gasteiger charge is 2.05. The zero-order valence-electron chi connectivity index (χ0n) is 8.11. The highest BCUT2D eigenvalue weighted by molar-refractivity contribution is 6.33. The molecule has 0 saturated heterocycles. The molecule has 0 aliphatic carbocycles. The first kappa shape index (κ1) is 9.75. The molecule has 2 aromatic rings. The fourth-order valence-electron chi connectivity index (χ4n) is 1.38. The van der Waals surface area contributed by atoms with Gasteiger partial charge in [0.25, 0.3) is 0 Å². The molecule has 1 aromatic carbocycles. The van der Waals surface area contributed by atoms with Gasteiger partial charge in [-0.25, -0.2) is 0 Å². The molecule has 1 heterocycles. The van der Waals surface area contributed by atoms with Crippen molar-refractivity contribution < 1.29 is 0 Å². The van der Waals surface area contributed by atoms with Gasteiger partial charge in [0.2, 0.25) is 0 Å². The molecule has 0 unspecified atom stereocenters. The van der Waals surface area contributed by atoms with E-state index in [1.54, 1.807) is 23.0 Å². The maximum absolute atomic E-state index is 8.70. The van der Waals surface area contributed by atoms with Crippen LogP contribution in [0.25, 0.3) is 11.1 Å². The van der Waals surface area contributed by atoms with Crippen LogP contribution in [-0.2, 0) is 7.05 Å². The molecule has 0 radical (unpaired) electrons. The first-order valence-corrected chi connectivity index (χ1v) is 4.77. The van der Waals surface area contributed by atoms with E-state index in [4.69, 9.17) is 16.9 Å². The van der Waals surface area contributed by atoms with Crippen LogP contribution in [0, 0.1) is 11.3 Å². The lowest BCUT2D eigenvalue weighted by atomic mass is 10.1. The number of aryl methyl sites for hydroxylation is 1. The average molecular weight is 218 g/mol. The Morgan fingerprint density at radius 3 is 2.80 bits per heavy atom. The van der Waals surface area contributed by atoms with E-state index in [0.29, 0.717) is 10.6 Å². The van der Waals surface area contributed by atoms with Crippen LogP contribution in [-0.4, -0.2) is 9.78 Å². The smallest absolute Gasteiger partial charge is 0.0992 e. The van der Waals surface area contributed by atoms with E-state index in [9.17, 15) is 0 Å². The Labute approximate surface area is 92.5 Å². The van der Waals surface area contributed by atoms with Crippen molar-refractivity contribution in [3.8, 4) is 17.2 Å². The first-order chi connectivity index (χ1) is 7.20. The SMILES string of the molecule is Cn1cc(-c2ccc(C#N)cc2Cl)cn1. The van der Waals surface area contributed by atoms with Crippen LogP contribution in [0.15, 0.2) is 30.6 Å². The Kier molecular flexibility index (Phi) is 2.44. The quantitative estimate of drug-likeness (QED) is 0.737. The van der Waals surface area contributed by atoms with E-state index in [2.05, 4.69) is 5.10 Å². The number of aromatic nitrogens is 2. The molecule has 2 rings (SSSR count). The molecule has 0 atom stereocenters. The summed E-state index contributed by atoms with van der Waals surface area (Å²) in [6.07, 6.45) is 3.63. The largest absolute Gasteiger partial charge is 0.275 e. The summed E-state index contributed by atoms with van der Waals surface area (Å²) < 4.78 is 1.71. The zero-order valence-corrected chi connectivity index (χ0v) is 8.86. The van der Waals surface area contributed by atoms with Crippen LogP contribution < -0.4 is 0 Å². The van der Waals surface area contributed by atoms with Crippen LogP contribution in [0.5, 0.6) is 0 Å². The standard InChI is InChI=1S/C11H8ClN3/c1-15-7-9(6-14-15)10-3-2-8(5-13)4-11(10)12/h2-4,6-7H,1H3. The van der Waals surface area contributed by atoms with Gasteiger partial charge in [-0.1, -0.05) is 17.7 Å². The molecule has 0 spiro atoms. The summed E-state index contributed by atoms with van der Waals surface area (Å²) >= 11 is 6.06. The van der Waals surface area contributed by atoms with Gasteiger partial charge >= 0.3 is 0 Å². The van der Waals surface area contributed by atoms with Gasteiger partial charge in [-0.2, -0.15) is 10.4 Å². The van der Waals surface area contributed by atoms with E-state index in [1.165, 1.54) is 0 Å². The van der Waals surface area contributed by atoms with Gasteiger partial charge < -0.3 is 0 Å². The van der Waals surface area contributed by atoms with Gasteiger partial charge in [-0.15, -0.1) is 0 Å². The maximum atomic E-state index is 8.70. The highest BCUT2D eigenvalue weighted by Crippen LogP contribution is 2.27. The molecule has 0 aliphatic heterocycles. The summed E-state index contributed by atoms with van der Waals surface area (Å²) in [4.78, 5) is 0. The third-order valence-electron chi connectivity index (χ3n) is 2.11. The molecule has 0 fully saturated rings. The number of benzene rings is 1. The third kappa shape index (κ3) is 1.85. The summed E-state index contributed by atoms with van der Waals surface area (Å²) in [5, 5.41) is 13.3. The molecule has 1 aromatic heterocycles. The molecule has 0 aliphatic rings. The lowest BCUT2D eigenvalue weighted by molar-refractivity contribution is 0.768. The van der Waals surface area contributed by atoms with Gasteiger partial charge in [-0.05, 0) is 12.1 Å². The average Bonchev–Trinajstić information content (AvgIpc) is 2.64. The number of nitrogens with zero attached hydrogens (tertiary/aromatic N) is 3. The van der Waals surface area contributed by atoms with Gasteiger partial charge in [-0.3, -0.25) is 4.68 Å². The van der Waals surface area contributed by atoms with Crippen LogP contribution >= 0.6 is 11.6 Å². The lowest BCUT2D eigenvalue weighted by Gasteiger charge is -2.00. The topological polar surface area (TPSA) is 41.6 Å². The number of rotatable bonds is 1. The highest BCUT2D eigenvalue weighted by atomic mass is 35.5. The van der Waals surface area contributed by atoms with Crippen molar-refractivity contribution >= 4 is 11.6 Å². The Morgan fingerprint density at radius 2 is 2.27 bits per heavy atom. The molecule has 0 amide bonds. The van der Waals surface area contributed by atoms with E-state index in [-0.39, 0.29) is 0 Å². The van der Waals surface area contributed by atoms with Gasteiger partial charge in [0.05, 0.1) is 17.8 Å². The summed E-state index contributed by atoms with van der Waals surface area (Å²) in [6.45, 7) is 0. The summed E-state index contributed by atoms with van der Waals surface area (Å²) in [5.74, 6) is 0. The number of nitriles is 1. The monoisotopic (exact) mass is 217 g/mol. The van der Waals surface area contributed by atoms with Crippen molar-refractivity contribution in [3.05, 3.63) is 41.2 Å². The fraction of sp³-hybridized carbons (Fsp3) is 0.0909. The molecule has 0 saturated carbocycles. The minimum atomic E-state index is 0.563. The van der Waals surface area contributed by atoms with Crippen LogP contribution in [0.2, 0.25) is 5.02 Å². The molecule has 0 N–H and O–H groups in total. The molecular formula is C11H8ClN3. The first-order valence-electron chi connectivity index (χ1n) is 4.39. The third-order valence-corrected chi connectivity index (χ3v) is 2.43. The summed E-state index contributed by atoms with van der Waals surface area (Å²) in [5.41, 5.74) is 2.41. The molecule has 4 heteroatoms. The van der Waals surface area contributed by atoms with Gasteiger partial charge in [0.1, 0.15) is 0 Å². The minimum absolute atomic E-state index is 0.563. The van der Waals surface area contributed by atoms with Crippen molar-refractivity contribution in [1.82, 2.24) is 9.78 Å². The Hall–Kier alpha value is -1.79. The van der Waals surface area contributed by atoms with Crippen molar-refractivity contribution in [2.45, 2.75) is 0 Å². The van der Waals surface area contributed by atoms with E-state index in [1.807, 2.05) is 25.4 Å². The molecule has 0 bridgehead atoms. The van der Waals surface area contributed by atoms with Crippen LogP contribution in [0.4, 0.5) is 0 Å². The zero-order chi connectivity index (χ0) is 10.8. The Bertz CT molecular complexity index is 537. The normalized spacial score (nSPS) is 9.93. The van der Waals surface area contributed by atoms with Crippen LogP contribution in [0.1, 0.15) is 5.56 Å². The van der Waals surface area contributed by atoms with Gasteiger partial charge in [0, 0.05) is 29.4 Å². The van der Waals surface area contributed by atoms with E-state index in [0.717, 1.165) is 11.1 Å². The minimum Gasteiger partial charge on any atom is -0.275 e. The van der Waals surface area contributed by atoms with E-state index >= 15 is 0 Å². The Balaban J connectivity index is 2.51. The molecular weight excluding hydrogens is 210 g/mol. The lowest BCUT2D eigenvalue weighted by Crippen LogP contribution is -1.84. The van der Waals surface area contributed by atoms with Gasteiger partial charge in [0.15, 0.2) is 0 Å². The van der Waals surface area contributed by atoms with E-state index < -0.39 is 0 Å². The van der Waals surface area contributed by atoms with Crippen molar-refractivity contribution in [2.24, 2.45) is 7.05 Å². The number of halogens is 1. The van der Waals surface area contributed by atoms with Crippen LogP contribution in [0.3, 0.4) is 0 Å². The van der Waals surface area contributed by atoms with Crippen molar-refractivity contribution in [1.29, 1.82) is 5.26 Å². The molecule has 15 heavy (non-hydrogen) atoms. The fourth-order valence-corrected chi connectivity index (χ4v) is 1.67. The summed E-state index contributed by atoms with van der Waals surface area (Å²) in [7, 11) is 1.85. The van der Waals surface area contributed by atoms with Crippen molar-refractivity contribution in [2.75, 3.05) is 0 Å². The predicted molar refractivity (Wildman–Crippen MR) is 58.4 cm³/mol. The molecule has 3 nitrogen and oxygen atoms in total. The Morgan fingerprint density at radius 1 is 1.47 bits per heavy atom. The van der Waals surface area contributed by atoms with Crippen molar-refractivity contribution in [3.63, 3.8) is 0 Å². The predicted octanol–water partition coefficient (Wildman–Crippen LogP) is 2.61. The second kappa shape index (κ2) is 3.76. The summed E-state index contributed by atoms with van der Waals surface area (Å²) in [6, 6.07) is 7.28. The second-order valence-corrected chi connectivity index (χ2v) is 3.62. The second-order valence-electron chi connectivity index (χ2n) is 3.21. The number of hydrogen-bond donors (Lipinski definition) is 0. The number of hydrogen-bond acceptors (Lipinski definition) is 2. The molecule has 74 valence electrons. The maximum Gasteiger partial charge on any atom is 0.0992 e.